The molecule has 5 nitrogen and oxygen atoms in total. The molecular formula is C8H13N3O2. The molecule has 0 spiro atoms. The number of carboxylic acids is 1. The van der Waals surface area contributed by atoms with Gasteiger partial charge in [-0.15, -0.1) is 0 Å². The molecule has 0 saturated carbocycles. The van der Waals surface area contributed by atoms with Crippen LogP contribution in [0, 0.1) is 13.8 Å². The van der Waals surface area contributed by atoms with Crippen molar-refractivity contribution in [2.75, 3.05) is 6.54 Å². The van der Waals surface area contributed by atoms with E-state index in [1.54, 1.807) is 4.57 Å². The Morgan fingerprint density at radius 2 is 2.38 bits per heavy atom. The van der Waals surface area contributed by atoms with Gasteiger partial charge in [-0.05, 0) is 13.8 Å². The van der Waals surface area contributed by atoms with E-state index in [-0.39, 0.29) is 6.54 Å². The summed E-state index contributed by atoms with van der Waals surface area (Å²) in [5, 5.41) is 8.83. The third kappa shape index (κ3) is 1.70. The average molecular weight is 183 g/mol. The molecule has 5 heteroatoms. The first-order chi connectivity index (χ1) is 6.07. The van der Waals surface area contributed by atoms with Crippen molar-refractivity contribution in [3.63, 3.8) is 0 Å². The number of imidazole rings is 1. The molecule has 1 aromatic heterocycles. The van der Waals surface area contributed by atoms with Gasteiger partial charge in [0.2, 0.25) is 0 Å². The average Bonchev–Trinajstić information content (AvgIpc) is 2.37. The lowest BCUT2D eigenvalue weighted by Crippen LogP contribution is -2.27. The molecule has 0 aliphatic rings. The van der Waals surface area contributed by atoms with Crippen LogP contribution in [-0.2, 0) is 4.79 Å². The molecule has 0 radical (unpaired) electrons. The zero-order valence-corrected chi connectivity index (χ0v) is 7.69. The number of aliphatic carboxylic acids is 1. The van der Waals surface area contributed by atoms with E-state index in [2.05, 4.69) is 4.98 Å². The van der Waals surface area contributed by atoms with Crippen LogP contribution < -0.4 is 5.73 Å². The second-order valence-corrected chi connectivity index (χ2v) is 2.91. The number of carboxylic acid groups (broad SMARTS) is 1. The number of carbonyl (C=O) groups is 1. The topological polar surface area (TPSA) is 81.1 Å². The van der Waals surface area contributed by atoms with Crippen molar-refractivity contribution in [3.8, 4) is 0 Å². The maximum atomic E-state index is 10.8. The van der Waals surface area contributed by atoms with E-state index in [4.69, 9.17) is 10.8 Å². The lowest BCUT2D eigenvalue weighted by molar-refractivity contribution is -0.140. The Labute approximate surface area is 76.2 Å². The predicted octanol–water partition coefficient (Wildman–Crippen LogP) is 0.0843. The monoisotopic (exact) mass is 183 g/mol. The van der Waals surface area contributed by atoms with Crippen LogP contribution in [0.2, 0.25) is 0 Å². The van der Waals surface area contributed by atoms with Crippen LogP contribution in [0.4, 0.5) is 0 Å². The lowest BCUT2D eigenvalue weighted by Gasteiger charge is -2.12. The SMILES string of the molecule is Cc1ncn(C(CN)C(=O)O)c1C. The highest BCUT2D eigenvalue weighted by Crippen LogP contribution is 2.11. The molecule has 1 unspecified atom stereocenters. The molecule has 1 atom stereocenters. The Bertz CT molecular complexity index is 319. The van der Waals surface area contributed by atoms with Gasteiger partial charge in [0.25, 0.3) is 0 Å². The van der Waals surface area contributed by atoms with Crippen LogP contribution in [0.25, 0.3) is 0 Å². The third-order valence-corrected chi connectivity index (χ3v) is 2.13. The van der Waals surface area contributed by atoms with Crippen molar-refractivity contribution in [1.82, 2.24) is 9.55 Å². The van der Waals surface area contributed by atoms with Gasteiger partial charge in [0, 0.05) is 12.2 Å². The second-order valence-electron chi connectivity index (χ2n) is 2.91. The van der Waals surface area contributed by atoms with E-state index in [1.165, 1.54) is 6.33 Å². The van der Waals surface area contributed by atoms with Gasteiger partial charge in [-0.3, -0.25) is 0 Å². The van der Waals surface area contributed by atoms with E-state index >= 15 is 0 Å². The maximum absolute atomic E-state index is 10.8. The molecule has 0 aliphatic heterocycles. The highest BCUT2D eigenvalue weighted by Gasteiger charge is 2.19. The van der Waals surface area contributed by atoms with Crippen LogP contribution in [-0.4, -0.2) is 27.2 Å². The van der Waals surface area contributed by atoms with Crippen molar-refractivity contribution >= 4 is 5.97 Å². The van der Waals surface area contributed by atoms with Gasteiger partial charge in [0.15, 0.2) is 0 Å². The molecule has 1 rings (SSSR count). The fourth-order valence-corrected chi connectivity index (χ4v) is 1.16. The van der Waals surface area contributed by atoms with Crippen molar-refractivity contribution in [1.29, 1.82) is 0 Å². The molecule has 0 fully saturated rings. The molecule has 0 aromatic carbocycles. The lowest BCUT2D eigenvalue weighted by atomic mass is 10.2. The number of hydrogen-bond donors (Lipinski definition) is 2. The molecule has 0 saturated heterocycles. The van der Waals surface area contributed by atoms with Crippen molar-refractivity contribution in [2.24, 2.45) is 5.73 Å². The maximum Gasteiger partial charge on any atom is 0.328 e. The van der Waals surface area contributed by atoms with E-state index in [9.17, 15) is 4.79 Å². The largest absolute Gasteiger partial charge is 0.480 e. The smallest absolute Gasteiger partial charge is 0.328 e. The Kier molecular flexibility index (Phi) is 2.67. The van der Waals surface area contributed by atoms with E-state index in [1.807, 2.05) is 13.8 Å². The van der Waals surface area contributed by atoms with Crippen LogP contribution >= 0.6 is 0 Å². The summed E-state index contributed by atoms with van der Waals surface area (Å²) in [5.41, 5.74) is 7.03. The Morgan fingerprint density at radius 1 is 1.77 bits per heavy atom. The third-order valence-electron chi connectivity index (χ3n) is 2.13. The second kappa shape index (κ2) is 3.57. The molecule has 0 bridgehead atoms. The van der Waals surface area contributed by atoms with Gasteiger partial charge in [0.05, 0.1) is 12.0 Å². The standard InChI is InChI=1S/C8H13N3O2/c1-5-6(2)11(4-10-5)7(3-9)8(12)13/h4,7H,3,9H2,1-2H3,(H,12,13). The minimum absolute atomic E-state index is 0.0754. The van der Waals surface area contributed by atoms with Gasteiger partial charge < -0.3 is 15.4 Å². The molecular weight excluding hydrogens is 170 g/mol. The van der Waals surface area contributed by atoms with Crippen molar-refractivity contribution in [2.45, 2.75) is 19.9 Å². The van der Waals surface area contributed by atoms with Crippen LogP contribution in [0.1, 0.15) is 17.4 Å². The minimum atomic E-state index is -0.928. The Morgan fingerprint density at radius 3 is 2.69 bits per heavy atom. The molecule has 0 aliphatic carbocycles. The summed E-state index contributed by atoms with van der Waals surface area (Å²) in [7, 11) is 0. The number of hydrogen-bond acceptors (Lipinski definition) is 3. The number of nitrogens with two attached hydrogens (primary N) is 1. The number of aromatic nitrogens is 2. The normalized spacial score (nSPS) is 12.8. The summed E-state index contributed by atoms with van der Waals surface area (Å²) in [6.45, 7) is 3.74. The summed E-state index contributed by atoms with van der Waals surface area (Å²) in [5.74, 6) is -0.928. The van der Waals surface area contributed by atoms with Gasteiger partial charge in [-0.2, -0.15) is 0 Å². The zero-order valence-electron chi connectivity index (χ0n) is 7.69. The quantitative estimate of drug-likeness (QED) is 0.695. The zero-order chi connectivity index (χ0) is 10.0. The van der Waals surface area contributed by atoms with E-state index in [0.717, 1.165) is 11.4 Å². The summed E-state index contributed by atoms with van der Waals surface area (Å²) in [4.78, 5) is 14.8. The highest BCUT2D eigenvalue weighted by atomic mass is 16.4. The van der Waals surface area contributed by atoms with Gasteiger partial charge in [0.1, 0.15) is 6.04 Å². The summed E-state index contributed by atoms with van der Waals surface area (Å²) in [6, 6.07) is -0.707. The Balaban J connectivity index is 3.05. The number of aryl methyl sites for hydroxylation is 1. The first-order valence-electron chi connectivity index (χ1n) is 4.00. The summed E-state index contributed by atoms with van der Waals surface area (Å²) < 4.78 is 1.58. The fourth-order valence-electron chi connectivity index (χ4n) is 1.16. The minimum Gasteiger partial charge on any atom is -0.480 e. The summed E-state index contributed by atoms with van der Waals surface area (Å²) in [6.07, 6.45) is 1.51. The van der Waals surface area contributed by atoms with E-state index < -0.39 is 12.0 Å². The van der Waals surface area contributed by atoms with Crippen LogP contribution in [0.5, 0.6) is 0 Å². The van der Waals surface area contributed by atoms with Gasteiger partial charge in [-0.25, -0.2) is 9.78 Å². The van der Waals surface area contributed by atoms with Crippen molar-refractivity contribution < 1.29 is 9.90 Å². The van der Waals surface area contributed by atoms with Gasteiger partial charge >= 0.3 is 5.97 Å². The molecule has 1 heterocycles. The molecule has 1 aromatic rings. The number of rotatable bonds is 3. The molecule has 72 valence electrons. The van der Waals surface area contributed by atoms with Crippen molar-refractivity contribution in [3.05, 3.63) is 17.7 Å². The highest BCUT2D eigenvalue weighted by molar-refractivity contribution is 5.72. The van der Waals surface area contributed by atoms with Gasteiger partial charge in [-0.1, -0.05) is 0 Å². The van der Waals surface area contributed by atoms with E-state index in [0.29, 0.717) is 0 Å². The molecule has 13 heavy (non-hydrogen) atoms. The first-order valence-corrected chi connectivity index (χ1v) is 4.00. The molecule has 3 N–H and O–H groups in total. The predicted molar refractivity (Wildman–Crippen MR) is 47.4 cm³/mol. The molecule has 0 amide bonds. The Hall–Kier alpha value is -1.36. The first kappa shape index (κ1) is 9.73. The van der Waals surface area contributed by atoms with Crippen LogP contribution in [0.15, 0.2) is 6.33 Å². The fraction of sp³-hybridized carbons (Fsp3) is 0.500. The summed E-state index contributed by atoms with van der Waals surface area (Å²) >= 11 is 0. The van der Waals surface area contributed by atoms with Crippen LogP contribution in [0.3, 0.4) is 0 Å². The number of nitrogens with zero attached hydrogens (tertiary/aromatic N) is 2.